The molecule has 2 heterocycles. The van der Waals surface area contributed by atoms with E-state index in [-0.39, 0.29) is 0 Å². The van der Waals surface area contributed by atoms with Gasteiger partial charge in [0.25, 0.3) is 0 Å². The minimum atomic E-state index is 0.908. The maximum absolute atomic E-state index is 4.25. The lowest BCUT2D eigenvalue weighted by molar-refractivity contribution is 0.257. The topological polar surface area (TPSA) is 32.3 Å². The second-order valence-corrected chi connectivity index (χ2v) is 4.16. The van der Waals surface area contributed by atoms with Gasteiger partial charge in [-0.25, -0.2) is 4.98 Å². The van der Waals surface area contributed by atoms with Crippen molar-refractivity contribution < 1.29 is 0 Å². The van der Waals surface area contributed by atoms with E-state index in [1.165, 1.54) is 24.5 Å². The Labute approximate surface area is 88.7 Å². The van der Waals surface area contributed by atoms with E-state index < -0.39 is 0 Å². The number of nitrogens with zero attached hydrogens (tertiary/aromatic N) is 4. The van der Waals surface area contributed by atoms with Gasteiger partial charge in [0.1, 0.15) is 5.51 Å². The van der Waals surface area contributed by atoms with Crippen LogP contribution in [0.1, 0.15) is 13.3 Å². The van der Waals surface area contributed by atoms with Crippen LogP contribution < -0.4 is 4.90 Å². The van der Waals surface area contributed by atoms with E-state index in [9.17, 15) is 0 Å². The second-order valence-electron chi connectivity index (χ2n) is 3.56. The molecule has 5 heteroatoms. The average molecular weight is 212 g/mol. The molecule has 0 aliphatic carbocycles. The number of piperazine rings is 1. The lowest BCUT2D eigenvalue weighted by Gasteiger charge is -2.33. The Morgan fingerprint density at radius 2 is 2.14 bits per heavy atom. The molecule has 14 heavy (non-hydrogen) atoms. The van der Waals surface area contributed by atoms with Crippen LogP contribution in [0.2, 0.25) is 0 Å². The van der Waals surface area contributed by atoms with Crippen molar-refractivity contribution >= 4 is 17.5 Å². The van der Waals surface area contributed by atoms with Crippen LogP contribution in [0.4, 0.5) is 5.95 Å². The molecule has 1 fully saturated rings. The van der Waals surface area contributed by atoms with Crippen molar-refractivity contribution in [2.45, 2.75) is 13.3 Å². The summed E-state index contributed by atoms with van der Waals surface area (Å²) < 4.78 is 4.25. The molecule has 78 valence electrons. The Kier molecular flexibility index (Phi) is 3.31. The summed E-state index contributed by atoms with van der Waals surface area (Å²) in [6, 6.07) is 0. The Morgan fingerprint density at radius 1 is 1.36 bits per heavy atom. The minimum Gasteiger partial charge on any atom is -0.338 e. The summed E-state index contributed by atoms with van der Waals surface area (Å²) in [7, 11) is 0. The maximum Gasteiger partial charge on any atom is 0.237 e. The Bertz CT molecular complexity index is 254. The molecular weight excluding hydrogens is 196 g/mol. The van der Waals surface area contributed by atoms with E-state index in [4.69, 9.17) is 0 Å². The van der Waals surface area contributed by atoms with Crippen molar-refractivity contribution in [3.63, 3.8) is 0 Å². The van der Waals surface area contributed by atoms with Crippen molar-refractivity contribution in [1.82, 2.24) is 14.3 Å². The normalized spacial score (nSPS) is 18.8. The van der Waals surface area contributed by atoms with Gasteiger partial charge in [0, 0.05) is 26.2 Å². The van der Waals surface area contributed by atoms with Crippen LogP contribution in [0.3, 0.4) is 0 Å². The highest BCUT2D eigenvalue weighted by Crippen LogP contribution is 2.11. The quantitative estimate of drug-likeness (QED) is 0.750. The maximum atomic E-state index is 4.25. The molecule has 0 bridgehead atoms. The van der Waals surface area contributed by atoms with Gasteiger partial charge in [-0.1, -0.05) is 6.92 Å². The molecule has 1 aromatic heterocycles. The van der Waals surface area contributed by atoms with Gasteiger partial charge in [0.15, 0.2) is 0 Å². The molecule has 1 aliphatic rings. The molecule has 0 N–H and O–H groups in total. The van der Waals surface area contributed by atoms with E-state index >= 15 is 0 Å². The molecule has 0 atom stereocenters. The van der Waals surface area contributed by atoms with E-state index in [0.717, 1.165) is 32.1 Å². The molecular formula is C9H16N4S. The SMILES string of the molecule is CCCN1CCN(c2ncsn2)CC1. The van der Waals surface area contributed by atoms with E-state index in [2.05, 4.69) is 26.1 Å². The molecule has 0 radical (unpaired) electrons. The fraction of sp³-hybridized carbons (Fsp3) is 0.778. The summed E-state index contributed by atoms with van der Waals surface area (Å²) in [6.45, 7) is 7.88. The summed E-state index contributed by atoms with van der Waals surface area (Å²) in [6.07, 6.45) is 1.24. The van der Waals surface area contributed by atoms with Crippen LogP contribution in [-0.2, 0) is 0 Å². The van der Waals surface area contributed by atoms with Crippen molar-refractivity contribution in [1.29, 1.82) is 0 Å². The highest BCUT2D eigenvalue weighted by Gasteiger charge is 2.17. The second kappa shape index (κ2) is 4.70. The molecule has 1 saturated heterocycles. The minimum absolute atomic E-state index is 0.908. The molecule has 1 aromatic rings. The average Bonchev–Trinajstić information content (AvgIpc) is 2.72. The van der Waals surface area contributed by atoms with E-state index in [1.54, 1.807) is 5.51 Å². The fourth-order valence-corrected chi connectivity index (χ4v) is 2.24. The Hall–Kier alpha value is -0.680. The molecule has 0 unspecified atom stereocenters. The predicted molar refractivity (Wildman–Crippen MR) is 58.9 cm³/mol. The third-order valence-electron chi connectivity index (χ3n) is 2.54. The third kappa shape index (κ3) is 2.22. The van der Waals surface area contributed by atoms with Crippen LogP contribution in [0, 0.1) is 0 Å². The highest BCUT2D eigenvalue weighted by molar-refractivity contribution is 7.03. The van der Waals surface area contributed by atoms with Gasteiger partial charge < -0.3 is 4.90 Å². The third-order valence-corrected chi connectivity index (χ3v) is 3.01. The van der Waals surface area contributed by atoms with Gasteiger partial charge in [-0.15, -0.1) is 0 Å². The van der Waals surface area contributed by atoms with Gasteiger partial charge in [0.2, 0.25) is 5.95 Å². The summed E-state index contributed by atoms with van der Waals surface area (Å²) in [5.74, 6) is 0.908. The summed E-state index contributed by atoms with van der Waals surface area (Å²) >= 11 is 1.43. The van der Waals surface area contributed by atoms with Gasteiger partial charge in [0.05, 0.1) is 0 Å². The molecule has 0 aromatic carbocycles. The highest BCUT2D eigenvalue weighted by atomic mass is 32.1. The van der Waals surface area contributed by atoms with Gasteiger partial charge >= 0.3 is 0 Å². The first kappa shape index (κ1) is 9.86. The monoisotopic (exact) mass is 212 g/mol. The van der Waals surface area contributed by atoms with Crippen LogP contribution in [0.15, 0.2) is 5.51 Å². The Balaban J connectivity index is 1.84. The van der Waals surface area contributed by atoms with Crippen molar-refractivity contribution in [2.75, 3.05) is 37.6 Å². The number of rotatable bonds is 3. The zero-order valence-corrected chi connectivity index (χ0v) is 9.33. The molecule has 0 spiro atoms. The van der Waals surface area contributed by atoms with Crippen LogP contribution in [0.5, 0.6) is 0 Å². The van der Waals surface area contributed by atoms with Gasteiger partial charge in [-0.05, 0) is 24.5 Å². The Morgan fingerprint density at radius 3 is 2.71 bits per heavy atom. The smallest absolute Gasteiger partial charge is 0.237 e. The first-order chi connectivity index (χ1) is 6.90. The van der Waals surface area contributed by atoms with Crippen LogP contribution >= 0.6 is 11.5 Å². The lowest BCUT2D eigenvalue weighted by atomic mass is 10.3. The predicted octanol–water partition coefficient (Wildman–Crippen LogP) is 1.07. The zero-order chi connectivity index (χ0) is 9.80. The number of anilines is 1. The summed E-state index contributed by atoms with van der Waals surface area (Å²) in [4.78, 5) is 9.00. The standard InChI is InChI=1S/C9H16N4S/c1-2-3-12-4-6-13(7-5-12)9-10-8-14-11-9/h8H,2-7H2,1H3. The molecule has 4 nitrogen and oxygen atoms in total. The zero-order valence-electron chi connectivity index (χ0n) is 8.52. The number of aromatic nitrogens is 2. The lowest BCUT2D eigenvalue weighted by Crippen LogP contribution is -2.46. The van der Waals surface area contributed by atoms with Gasteiger partial charge in [-0.3, -0.25) is 4.90 Å². The van der Waals surface area contributed by atoms with Crippen molar-refractivity contribution in [2.24, 2.45) is 0 Å². The number of hydrogen-bond acceptors (Lipinski definition) is 5. The molecule has 0 saturated carbocycles. The molecule has 0 amide bonds. The van der Waals surface area contributed by atoms with Gasteiger partial charge in [-0.2, -0.15) is 4.37 Å². The summed E-state index contributed by atoms with van der Waals surface area (Å²) in [5.41, 5.74) is 1.80. The number of hydrogen-bond donors (Lipinski definition) is 0. The first-order valence-corrected chi connectivity index (χ1v) is 5.97. The largest absolute Gasteiger partial charge is 0.338 e. The first-order valence-electron chi connectivity index (χ1n) is 5.14. The van der Waals surface area contributed by atoms with E-state index in [0.29, 0.717) is 0 Å². The summed E-state index contributed by atoms with van der Waals surface area (Å²) in [5, 5.41) is 0. The van der Waals surface area contributed by atoms with Crippen molar-refractivity contribution in [3.8, 4) is 0 Å². The van der Waals surface area contributed by atoms with E-state index in [1.807, 2.05) is 0 Å². The van der Waals surface area contributed by atoms with Crippen molar-refractivity contribution in [3.05, 3.63) is 5.51 Å². The molecule has 1 aliphatic heterocycles. The fourth-order valence-electron chi connectivity index (χ4n) is 1.79. The van der Waals surface area contributed by atoms with Crippen LogP contribution in [-0.4, -0.2) is 47.0 Å². The van der Waals surface area contributed by atoms with Crippen LogP contribution in [0.25, 0.3) is 0 Å². The molecule has 2 rings (SSSR count).